The zero-order valence-corrected chi connectivity index (χ0v) is 11.9. The van der Waals surface area contributed by atoms with Gasteiger partial charge in [-0.3, -0.25) is 4.90 Å². The SMILES string of the molecule is F[C@@H]1CN(C2CCC2)C[C@@H]1OCc1nc2ccccc2o1. The van der Waals surface area contributed by atoms with Crippen molar-refractivity contribution in [3.8, 4) is 0 Å². The van der Waals surface area contributed by atoms with Crippen molar-refractivity contribution in [3.63, 3.8) is 0 Å². The molecule has 2 aromatic rings. The van der Waals surface area contributed by atoms with Crippen molar-refractivity contribution in [1.82, 2.24) is 9.88 Å². The number of benzene rings is 1. The standard InChI is InChI=1S/C16H19FN2O2/c17-12-8-19(11-4-3-5-11)9-15(12)20-10-16-18-13-6-1-2-7-14(13)21-16/h1-2,6-7,11-12,15H,3-5,8-10H2/t12-,15+/m1/s1. The Morgan fingerprint density at radius 2 is 2.14 bits per heavy atom. The zero-order chi connectivity index (χ0) is 14.2. The van der Waals surface area contributed by atoms with Gasteiger partial charge in [-0.1, -0.05) is 18.6 Å². The van der Waals surface area contributed by atoms with E-state index in [1.54, 1.807) is 0 Å². The molecule has 1 saturated heterocycles. The van der Waals surface area contributed by atoms with Crippen molar-refractivity contribution in [2.45, 2.75) is 44.2 Å². The van der Waals surface area contributed by atoms with Gasteiger partial charge in [0, 0.05) is 19.1 Å². The highest BCUT2D eigenvalue weighted by molar-refractivity contribution is 5.72. The first-order chi connectivity index (χ1) is 10.3. The summed E-state index contributed by atoms with van der Waals surface area (Å²) in [6, 6.07) is 8.16. The monoisotopic (exact) mass is 290 g/mol. The van der Waals surface area contributed by atoms with E-state index in [1.165, 1.54) is 19.3 Å². The molecule has 1 aromatic carbocycles. The summed E-state index contributed by atoms with van der Waals surface area (Å²) in [6.07, 6.45) is 2.40. The molecule has 0 spiro atoms. The Balaban J connectivity index is 1.37. The van der Waals surface area contributed by atoms with Gasteiger partial charge in [0.1, 0.15) is 24.4 Å². The minimum atomic E-state index is -0.907. The molecule has 2 heterocycles. The van der Waals surface area contributed by atoms with Gasteiger partial charge >= 0.3 is 0 Å². The smallest absolute Gasteiger partial charge is 0.221 e. The highest BCUT2D eigenvalue weighted by Crippen LogP contribution is 2.30. The number of ether oxygens (including phenoxy) is 1. The Labute approximate surface area is 122 Å². The number of oxazole rings is 1. The largest absolute Gasteiger partial charge is 0.438 e. The van der Waals surface area contributed by atoms with Gasteiger partial charge in [-0.2, -0.15) is 0 Å². The highest BCUT2D eigenvalue weighted by atomic mass is 19.1. The second-order valence-electron chi connectivity index (χ2n) is 5.98. The molecule has 0 amide bonds. The third-order valence-corrected chi connectivity index (χ3v) is 4.58. The minimum absolute atomic E-state index is 0.234. The number of aromatic nitrogens is 1. The summed E-state index contributed by atoms with van der Waals surface area (Å²) >= 11 is 0. The summed E-state index contributed by atoms with van der Waals surface area (Å²) in [7, 11) is 0. The van der Waals surface area contributed by atoms with Crippen molar-refractivity contribution >= 4 is 11.1 Å². The third kappa shape index (κ3) is 2.56. The summed E-state index contributed by atoms with van der Waals surface area (Å²) in [4.78, 5) is 6.58. The van der Waals surface area contributed by atoms with E-state index in [0.717, 1.165) is 11.1 Å². The molecule has 21 heavy (non-hydrogen) atoms. The molecule has 1 aliphatic carbocycles. The van der Waals surface area contributed by atoms with Crippen LogP contribution in [-0.2, 0) is 11.3 Å². The highest BCUT2D eigenvalue weighted by Gasteiger charge is 2.38. The molecule has 1 aromatic heterocycles. The number of fused-ring (bicyclic) bond motifs is 1. The maximum atomic E-state index is 14.0. The van der Waals surface area contributed by atoms with E-state index in [2.05, 4.69) is 9.88 Å². The molecule has 1 aliphatic heterocycles. The third-order valence-electron chi connectivity index (χ3n) is 4.58. The molecule has 0 unspecified atom stereocenters. The average Bonchev–Trinajstić information content (AvgIpc) is 2.98. The molecule has 112 valence electrons. The molecular formula is C16H19FN2O2. The van der Waals surface area contributed by atoms with Crippen molar-refractivity contribution in [2.24, 2.45) is 0 Å². The van der Waals surface area contributed by atoms with Crippen molar-refractivity contribution < 1.29 is 13.5 Å². The second kappa shape index (κ2) is 5.39. The van der Waals surface area contributed by atoms with Crippen LogP contribution in [0.15, 0.2) is 28.7 Å². The molecule has 2 atom stereocenters. The average molecular weight is 290 g/mol. The van der Waals surface area contributed by atoms with E-state index in [1.807, 2.05) is 24.3 Å². The molecule has 5 heteroatoms. The van der Waals surface area contributed by atoms with E-state index in [4.69, 9.17) is 9.15 Å². The number of hydrogen-bond acceptors (Lipinski definition) is 4. The van der Waals surface area contributed by atoms with Crippen LogP contribution >= 0.6 is 0 Å². The van der Waals surface area contributed by atoms with Gasteiger partial charge < -0.3 is 9.15 Å². The van der Waals surface area contributed by atoms with Crippen LogP contribution in [0.3, 0.4) is 0 Å². The van der Waals surface area contributed by atoms with Crippen LogP contribution in [0.5, 0.6) is 0 Å². The topological polar surface area (TPSA) is 38.5 Å². The van der Waals surface area contributed by atoms with Crippen LogP contribution < -0.4 is 0 Å². The molecule has 0 bridgehead atoms. The Morgan fingerprint density at radius 1 is 1.29 bits per heavy atom. The lowest BCUT2D eigenvalue weighted by molar-refractivity contribution is 0.000389. The van der Waals surface area contributed by atoms with Gasteiger partial charge in [0.2, 0.25) is 5.89 Å². The first-order valence-electron chi connectivity index (χ1n) is 7.64. The van der Waals surface area contributed by atoms with E-state index >= 15 is 0 Å². The fourth-order valence-corrected chi connectivity index (χ4v) is 3.13. The number of halogens is 1. The van der Waals surface area contributed by atoms with Gasteiger partial charge in [-0.25, -0.2) is 9.37 Å². The number of hydrogen-bond donors (Lipinski definition) is 0. The van der Waals surface area contributed by atoms with Crippen LogP contribution in [0.2, 0.25) is 0 Å². The maximum absolute atomic E-state index is 14.0. The number of alkyl halides is 1. The van der Waals surface area contributed by atoms with E-state index in [0.29, 0.717) is 25.0 Å². The lowest BCUT2D eigenvalue weighted by Gasteiger charge is -2.34. The van der Waals surface area contributed by atoms with Crippen LogP contribution in [0.4, 0.5) is 4.39 Å². The molecule has 4 nitrogen and oxygen atoms in total. The molecule has 0 N–H and O–H groups in total. The molecule has 1 saturated carbocycles. The number of para-hydroxylation sites is 2. The Kier molecular flexibility index (Phi) is 3.39. The Hall–Kier alpha value is -1.46. The normalized spacial score (nSPS) is 27.3. The fraction of sp³-hybridized carbons (Fsp3) is 0.562. The lowest BCUT2D eigenvalue weighted by atomic mass is 9.92. The van der Waals surface area contributed by atoms with E-state index < -0.39 is 6.17 Å². The van der Waals surface area contributed by atoms with E-state index in [-0.39, 0.29) is 12.7 Å². The summed E-state index contributed by atoms with van der Waals surface area (Å²) in [5, 5.41) is 0. The molecule has 2 aliphatic rings. The summed E-state index contributed by atoms with van der Waals surface area (Å²) in [5.74, 6) is 0.519. The first-order valence-corrected chi connectivity index (χ1v) is 7.64. The van der Waals surface area contributed by atoms with Crippen LogP contribution in [0.25, 0.3) is 11.1 Å². The molecule has 2 fully saturated rings. The minimum Gasteiger partial charge on any atom is -0.438 e. The number of nitrogens with zero attached hydrogens (tertiary/aromatic N) is 2. The predicted octanol–water partition coefficient (Wildman–Crippen LogP) is 2.92. The van der Waals surface area contributed by atoms with Gasteiger partial charge in [-0.15, -0.1) is 0 Å². The van der Waals surface area contributed by atoms with Gasteiger partial charge in [0.15, 0.2) is 5.58 Å². The van der Waals surface area contributed by atoms with Crippen LogP contribution in [0.1, 0.15) is 25.2 Å². The summed E-state index contributed by atoms with van der Waals surface area (Å²) in [5.41, 5.74) is 1.56. The molecular weight excluding hydrogens is 271 g/mol. The van der Waals surface area contributed by atoms with Crippen LogP contribution in [-0.4, -0.2) is 41.3 Å². The summed E-state index contributed by atoms with van der Waals surface area (Å²) < 4.78 is 25.4. The van der Waals surface area contributed by atoms with E-state index in [9.17, 15) is 4.39 Å². The second-order valence-corrected chi connectivity index (χ2v) is 5.98. The van der Waals surface area contributed by atoms with Crippen molar-refractivity contribution in [1.29, 1.82) is 0 Å². The fourth-order valence-electron chi connectivity index (χ4n) is 3.13. The number of likely N-dealkylation sites (tertiary alicyclic amines) is 1. The maximum Gasteiger partial charge on any atom is 0.221 e. The van der Waals surface area contributed by atoms with Crippen molar-refractivity contribution in [2.75, 3.05) is 13.1 Å². The summed E-state index contributed by atoms with van der Waals surface area (Å²) in [6.45, 7) is 1.42. The predicted molar refractivity (Wildman–Crippen MR) is 76.7 cm³/mol. The first kappa shape index (κ1) is 13.2. The van der Waals surface area contributed by atoms with Gasteiger partial charge in [-0.05, 0) is 25.0 Å². The zero-order valence-electron chi connectivity index (χ0n) is 11.9. The Bertz CT molecular complexity index is 593. The number of rotatable bonds is 4. The van der Waals surface area contributed by atoms with Crippen LogP contribution in [0, 0.1) is 0 Å². The lowest BCUT2D eigenvalue weighted by Crippen LogP contribution is -2.39. The quantitative estimate of drug-likeness (QED) is 0.868. The van der Waals surface area contributed by atoms with Gasteiger partial charge in [0.05, 0.1) is 0 Å². The molecule has 4 rings (SSSR count). The van der Waals surface area contributed by atoms with Crippen molar-refractivity contribution in [3.05, 3.63) is 30.2 Å². The molecule has 0 radical (unpaired) electrons. The van der Waals surface area contributed by atoms with Gasteiger partial charge in [0.25, 0.3) is 0 Å². The Morgan fingerprint density at radius 3 is 2.90 bits per heavy atom.